The van der Waals surface area contributed by atoms with E-state index in [4.69, 9.17) is 0 Å². The van der Waals surface area contributed by atoms with Crippen LogP contribution >= 0.6 is 0 Å². The summed E-state index contributed by atoms with van der Waals surface area (Å²) in [6.07, 6.45) is 0.696. The molecule has 1 rings (SSSR count). The maximum atomic E-state index is 10.8. The summed E-state index contributed by atoms with van der Waals surface area (Å²) in [6, 6.07) is 6.94. The molecule has 1 N–H and O–H groups in total. The van der Waals surface area contributed by atoms with Crippen molar-refractivity contribution in [3.05, 3.63) is 39.9 Å². The van der Waals surface area contributed by atoms with Crippen LogP contribution in [0.4, 0.5) is 5.69 Å². The van der Waals surface area contributed by atoms with E-state index in [9.17, 15) is 10.1 Å². The van der Waals surface area contributed by atoms with E-state index in [1.807, 2.05) is 12.1 Å². The first-order valence-corrected chi connectivity index (χ1v) is 6.45. The van der Waals surface area contributed by atoms with E-state index in [0.29, 0.717) is 18.3 Å². The number of rotatable bonds is 7. The molecule has 0 spiro atoms. The van der Waals surface area contributed by atoms with Gasteiger partial charge in [0, 0.05) is 11.6 Å². The Kier molecular flexibility index (Phi) is 5.78. The number of nitro benzene ring substituents is 1. The third kappa shape index (κ3) is 4.45. The third-order valence-electron chi connectivity index (χ3n) is 3.36. The second-order valence-corrected chi connectivity index (χ2v) is 5.06. The fraction of sp³-hybridized carbons (Fsp3) is 0.571. The zero-order valence-electron chi connectivity index (χ0n) is 11.3. The van der Waals surface area contributed by atoms with Crippen LogP contribution in [0.1, 0.15) is 26.3 Å². The minimum atomic E-state index is -0.313. The minimum absolute atomic E-state index is 0.219. The molecule has 0 fully saturated rings. The normalized spacial score (nSPS) is 12.7. The molecule has 0 saturated heterocycles. The van der Waals surface area contributed by atoms with Crippen LogP contribution in [0.3, 0.4) is 0 Å². The highest BCUT2D eigenvalue weighted by Crippen LogP contribution is 2.17. The average molecular weight is 250 g/mol. The molecule has 0 heterocycles. The Balaban J connectivity index is 2.42. The highest BCUT2D eigenvalue weighted by atomic mass is 16.6. The van der Waals surface area contributed by atoms with Gasteiger partial charge in [-0.25, -0.2) is 0 Å². The summed E-state index contributed by atoms with van der Waals surface area (Å²) in [5.41, 5.74) is 1.02. The van der Waals surface area contributed by atoms with Gasteiger partial charge in [0.25, 0.3) is 5.69 Å². The van der Waals surface area contributed by atoms with E-state index in [2.05, 4.69) is 26.1 Å². The van der Waals surface area contributed by atoms with Gasteiger partial charge in [0.2, 0.25) is 0 Å². The zero-order valence-corrected chi connectivity index (χ0v) is 11.3. The molecule has 0 amide bonds. The molecule has 1 aromatic rings. The van der Waals surface area contributed by atoms with Crippen LogP contribution in [0.15, 0.2) is 24.3 Å². The van der Waals surface area contributed by atoms with E-state index in [1.54, 1.807) is 12.1 Å². The fourth-order valence-electron chi connectivity index (χ4n) is 1.69. The Hall–Kier alpha value is -1.42. The largest absolute Gasteiger partial charge is 0.316 e. The fourth-order valence-corrected chi connectivity index (χ4v) is 1.69. The molecule has 0 aliphatic heterocycles. The van der Waals surface area contributed by atoms with Crippen LogP contribution in [-0.2, 0) is 6.42 Å². The number of nitro groups is 1. The quantitative estimate of drug-likeness (QED) is 0.460. The Bertz CT molecular complexity index is 391. The molecule has 100 valence electrons. The summed E-state index contributed by atoms with van der Waals surface area (Å²) in [6.45, 7) is 8.35. The lowest BCUT2D eigenvalue weighted by molar-refractivity contribution is -0.385. The van der Waals surface area contributed by atoms with Gasteiger partial charge in [-0.3, -0.25) is 10.1 Å². The van der Waals surface area contributed by atoms with Gasteiger partial charge in [-0.2, -0.15) is 0 Å². The minimum Gasteiger partial charge on any atom is -0.316 e. The molecule has 4 heteroatoms. The van der Waals surface area contributed by atoms with Gasteiger partial charge in [-0.15, -0.1) is 0 Å². The predicted molar refractivity (Wildman–Crippen MR) is 73.7 cm³/mol. The van der Waals surface area contributed by atoms with Gasteiger partial charge in [-0.1, -0.05) is 39.0 Å². The van der Waals surface area contributed by atoms with Gasteiger partial charge in [0.1, 0.15) is 0 Å². The first-order chi connectivity index (χ1) is 8.52. The van der Waals surface area contributed by atoms with Crippen molar-refractivity contribution < 1.29 is 4.92 Å². The highest BCUT2D eigenvalue weighted by molar-refractivity contribution is 5.39. The van der Waals surface area contributed by atoms with Gasteiger partial charge in [-0.05, 0) is 31.3 Å². The van der Waals surface area contributed by atoms with Crippen molar-refractivity contribution in [1.82, 2.24) is 5.32 Å². The van der Waals surface area contributed by atoms with Crippen molar-refractivity contribution in [3.63, 3.8) is 0 Å². The Labute approximate surface area is 109 Å². The van der Waals surface area contributed by atoms with Crippen molar-refractivity contribution in [1.29, 1.82) is 0 Å². The third-order valence-corrected chi connectivity index (χ3v) is 3.36. The Morgan fingerprint density at radius 2 is 1.94 bits per heavy atom. The smallest absolute Gasteiger partial charge is 0.272 e. The van der Waals surface area contributed by atoms with Gasteiger partial charge in [0.05, 0.1) is 4.92 Å². The van der Waals surface area contributed by atoms with Crippen LogP contribution in [0.25, 0.3) is 0 Å². The van der Waals surface area contributed by atoms with Crippen LogP contribution in [0.2, 0.25) is 0 Å². The molecule has 1 atom stereocenters. The maximum Gasteiger partial charge on any atom is 0.272 e. The molecule has 1 unspecified atom stereocenters. The summed E-state index contributed by atoms with van der Waals surface area (Å²) in [7, 11) is 0. The van der Waals surface area contributed by atoms with E-state index < -0.39 is 0 Å². The van der Waals surface area contributed by atoms with Crippen LogP contribution < -0.4 is 5.32 Å². The van der Waals surface area contributed by atoms with Crippen LogP contribution in [0.5, 0.6) is 0 Å². The lowest BCUT2D eigenvalue weighted by Gasteiger charge is -2.15. The number of benzene rings is 1. The second kappa shape index (κ2) is 7.11. The summed E-state index contributed by atoms with van der Waals surface area (Å²) >= 11 is 0. The molecule has 1 aromatic carbocycles. The Morgan fingerprint density at radius 1 is 1.28 bits per heavy atom. The zero-order chi connectivity index (χ0) is 13.5. The van der Waals surface area contributed by atoms with Gasteiger partial charge >= 0.3 is 0 Å². The Morgan fingerprint density at radius 3 is 2.56 bits per heavy atom. The molecule has 0 aliphatic rings. The summed E-state index contributed by atoms with van der Waals surface area (Å²) in [5, 5.41) is 14.2. The molecule has 0 bridgehead atoms. The number of nitrogens with one attached hydrogen (secondary N) is 1. The predicted octanol–water partition coefficient (Wildman–Crippen LogP) is 3.02. The van der Waals surface area contributed by atoms with Gasteiger partial charge < -0.3 is 5.32 Å². The average Bonchev–Trinajstić information content (AvgIpc) is 2.34. The van der Waals surface area contributed by atoms with Crippen molar-refractivity contribution in [3.8, 4) is 0 Å². The van der Waals surface area contributed by atoms with Crippen molar-refractivity contribution in [2.45, 2.75) is 27.2 Å². The first kappa shape index (κ1) is 14.6. The van der Waals surface area contributed by atoms with E-state index in [0.717, 1.165) is 18.7 Å². The number of hydrogen-bond donors (Lipinski definition) is 1. The molecule has 0 aromatic heterocycles. The van der Waals surface area contributed by atoms with Crippen molar-refractivity contribution in [2.75, 3.05) is 13.1 Å². The van der Waals surface area contributed by atoms with E-state index >= 15 is 0 Å². The molecule has 4 nitrogen and oxygen atoms in total. The standard InChI is InChI=1S/C14H22N2O2/c1-11(2)12(3)10-15-9-8-13-6-4-5-7-14(13)16(17)18/h4-7,11-12,15H,8-10H2,1-3H3. The first-order valence-electron chi connectivity index (χ1n) is 6.45. The second-order valence-electron chi connectivity index (χ2n) is 5.06. The van der Waals surface area contributed by atoms with Crippen LogP contribution in [0, 0.1) is 22.0 Å². The molecule has 0 radical (unpaired) electrons. The molecular formula is C14H22N2O2. The summed E-state index contributed by atoms with van der Waals surface area (Å²) < 4.78 is 0. The maximum absolute atomic E-state index is 10.8. The summed E-state index contributed by atoms with van der Waals surface area (Å²) in [4.78, 5) is 10.5. The molecule has 0 saturated carbocycles. The van der Waals surface area contributed by atoms with E-state index in [1.165, 1.54) is 0 Å². The lowest BCUT2D eigenvalue weighted by atomic mass is 9.98. The SMILES string of the molecule is CC(C)C(C)CNCCc1ccccc1[N+](=O)[O-]. The van der Waals surface area contributed by atoms with Crippen molar-refractivity contribution >= 4 is 5.69 Å². The highest BCUT2D eigenvalue weighted by Gasteiger charge is 2.12. The molecular weight excluding hydrogens is 228 g/mol. The van der Waals surface area contributed by atoms with Crippen molar-refractivity contribution in [2.24, 2.45) is 11.8 Å². The molecule has 18 heavy (non-hydrogen) atoms. The summed E-state index contributed by atoms with van der Waals surface area (Å²) in [5.74, 6) is 1.28. The van der Waals surface area contributed by atoms with Crippen LogP contribution in [-0.4, -0.2) is 18.0 Å². The number of hydrogen-bond acceptors (Lipinski definition) is 3. The topological polar surface area (TPSA) is 55.2 Å². The molecule has 0 aliphatic carbocycles. The number of nitrogens with zero attached hydrogens (tertiary/aromatic N) is 1. The van der Waals surface area contributed by atoms with Gasteiger partial charge in [0.15, 0.2) is 0 Å². The monoisotopic (exact) mass is 250 g/mol. The number of para-hydroxylation sites is 1. The van der Waals surface area contributed by atoms with E-state index in [-0.39, 0.29) is 10.6 Å². The lowest BCUT2D eigenvalue weighted by Crippen LogP contribution is -2.26.